The third-order valence-electron chi connectivity index (χ3n) is 2.50. The van der Waals surface area contributed by atoms with Gasteiger partial charge in [-0.3, -0.25) is 4.79 Å². The predicted molar refractivity (Wildman–Crippen MR) is 67.0 cm³/mol. The summed E-state index contributed by atoms with van der Waals surface area (Å²) >= 11 is 0. The van der Waals surface area contributed by atoms with E-state index in [-0.39, 0.29) is 23.4 Å². The van der Waals surface area contributed by atoms with Crippen LogP contribution in [0.2, 0.25) is 0 Å². The molecule has 0 saturated carbocycles. The molecule has 0 heterocycles. The minimum atomic E-state index is -1.77. The van der Waals surface area contributed by atoms with E-state index < -0.39 is 24.1 Å². The fourth-order valence-electron chi connectivity index (χ4n) is 1.48. The van der Waals surface area contributed by atoms with Crippen molar-refractivity contribution in [3.05, 3.63) is 29.3 Å². The van der Waals surface area contributed by atoms with Crippen molar-refractivity contribution in [2.45, 2.75) is 19.1 Å². The summed E-state index contributed by atoms with van der Waals surface area (Å²) in [6, 6.07) is 4.01. The number of aliphatic hydroxyl groups excluding tert-OH is 2. The summed E-state index contributed by atoms with van der Waals surface area (Å²) in [4.78, 5) is 22.4. The van der Waals surface area contributed by atoms with Gasteiger partial charge in [0.1, 0.15) is 6.10 Å². The minimum Gasteiger partial charge on any atom is -0.462 e. The molecule has 0 bridgehead atoms. The van der Waals surface area contributed by atoms with Crippen LogP contribution in [-0.4, -0.2) is 34.8 Å². The Morgan fingerprint density at radius 3 is 2.53 bits per heavy atom. The molecule has 0 aliphatic rings. The van der Waals surface area contributed by atoms with Crippen molar-refractivity contribution in [1.82, 2.24) is 0 Å². The number of aliphatic hydroxyl groups is 2. The molecular formula is C12H16N2O5. The molecule has 19 heavy (non-hydrogen) atoms. The normalized spacial score (nSPS) is 13.6. The van der Waals surface area contributed by atoms with Gasteiger partial charge in [0.25, 0.3) is 0 Å². The molecule has 1 rings (SSSR count). The van der Waals surface area contributed by atoms with E-state index in [4.69, 9.17) is 16.2 Å². The molecule has 0 spiro atoms. The highest BCUT2D eigenvalue weighted by atomic mass is 16.5. The number of nitrogens with two attached hydrogens (primary N) is 2. The van der Waals surface area contributed by atoms with Gasteiger partial charge in [-0.25, -0.2) is 4.79 Å². The molecule has 2 unspecified atom stereocenters. The van der Waals surface area contributed by atoms with Crippen molar-refractivity contribution in [2.24, 2.45) is 5.73 Å². The number of rotatable bonds is 5. The zero-order chi connectivity index (χ0) is 14.6. The van der Waals surface area contributed by atoms with Crippen molar-refractivity contribution < 1.29 is 24.5 Å². The summed E-state index contributed by atoms with van der Waals surface area (Å²) in [5.41, 5.74) is 10.9. The number of amides is 1. The van der Waals surface area contributed by atoms with Crippen molar-refractivity contribution in [1.29, 1.82) is 0 Å². The molecule has 7 nitrogen and oxygen atoms in total. The number of esters is 1. The lowest BCUT2D eigenvalue weighted by Gasteiger charge is -2.16. The number of ether oxygens (including phenoxy) is 1. The zero-order valence-corrected chi connectivity index (χ0v) is 10.4. The quantitative estimate of drug-likeness (QED) is 0.413. The zero-order valence-electron chi connectivity index (χ0n) is 10.4. The first-order valence-corrected chi connectivity index (χ1v) is 5.60. The van der Waals surface area contributed by atoms with Crippen LogP contribution in [-0.2, 0) is 9.53 Å². The molecule has 0 aliphatic carbocycles. The number of hydrogen-bond donors (Lipinski definition) is 4. The maximum Gasteiger partial charge on any atom is 0.340 e. The highest BCUT2D eigenvalue weighted by Crippen LogP contribution is 2.22. The maximum atomic E-state index is 11.6. The van der Waals surface area contributed by atoms with Crippen LogP contribution >= 0.6 is 0 Å². The van der Waals surface area contributed by atoms with Crippen molar-refractivity contribution in [2.75, 3.05) is 12.3 Å². The second kappa shape index (κ2) is 6.17. The molecule has 0 fully saturated rings. The van der Waals surface area contributed by atoms with Gasteiger partial charge in [-0.2, -0.15) is 0 Å². The first-order valence-electron chi connectivity index (χ1n) is 5.60. The van der Waals surface area contributed by atoms with Crippen LogP contribution in [0.25, 0.3) is 0 Å². The number of hydrogen-bond acceptors (Lipinski definition) is 6. The lowest BCUT2D eigenvalue weighted by Crippen LogP contribution is -2.34. The van der Waals surface area contributed by atoms with E-state index >= 15 is 0 Å². The van der Waals surface area contributed by atoms with Crippen LogP contribution in [0, 0.1) is 0 Å². The van der Waals surface area contributed by atoms with Gasteiger partial charge in [-0.1, -0.05) is 6.07 Å². The molecule has 6 N–H and O–H groups in total. The Kier molecular flexibility index (Phi) is 4.85. The van der Waals surface area contributed by atoms with Gasteiger partial charge in [0.15, 0.2) is 6.10 Å². The summed E-state index contributed by atoms with van der Waals surface area (Å²) in [7, 11) is 0. The van der Waals surface area contributed by atoms with Gasteiger partial charge in [-0.05, 0) is 24.6 Å². The van der Waals surface area contributed by atoms with Crippen molar-refractivity contribution >= 4 is 17.6 Å². The molecule has 7 heteroatoms. The Bertz CT molecular complexity index is 489. The van der Waals surface area contributed by atoms with Crippen LogP contribution in [0.1, 0.15) is 28.9 Å². The minimum absolute atomic E-state index is 0.0510. The topological polar surface area (TPSA) is 136 Å². The van der Waals surface area contributed by atoms with Crippen LogP contribution in [0.4, 0.5) is 5.69 Å². The number of benzene rings is 1. The van der Waals surface area contributed by atoms with E-state index in [1.165, 1.54) is 18.2 Å². The average Bonchev–Trinajstić information content (AvgIpc) is 2.37. The first-order chi connectivity index (χ1) is 8.88. The Labute approximate surface area is 109 Å². The van der Waals surface area contributed by atoms with E-state index in [2.05, 4.69) is 0 Å². The smallest absolute Gasteiger partial charge is 0.340 e. The maximum absolute atomic E-state index is 11.6. The number of anilines is 1. The summed E-state index contributed by atoms with van der Waals surface area (Å²) < 4.78 is 4.80. The molecule has 1 aromatic carbocycles. The molecule has 0 aliphatic heterocycles. The lowest BCUT2D eigenvalue weighted by atomic mass is 10.0. The number of nitrogen functional groups attached to an aromatic ring is 1. The van der Waals surface area contributed by atoms with E-state index in [0.717, 1.165) is 0 Å². The largest absolute Gasteiger partial charge is 0.462 e. The molecule has 104 valence electrons. The number of carbonyl (C=O) groups excluding carboxylic acids is 2. The fraction of sp³-hybridized carbons (Fsp3) is 0.333. The molecule has 0 radical (unpaired) electrons. The highest BCUT2D eigenvalue weighted by Gasteiger charge is 2.24. The van der Waals surface area contributed by atoms with Crippen molar-refractivity contribution in [3.63, 3.8) is 0 Å². The number of carbonyl (C=O) groups is 2. The predicted octanol–water partition coefficient (Wildman–Crippen LogP) is -0.675. The molecule has 0 saturated heterocycles. The van der Waals surface area contributed by atoms with Gasteiger partial charge >= 0.3 is 5.97 Å². The summed E-state index contributed by atoms with van der Waals surface area (Å²) in [6.45, 7) is 1.82. The summed E-state index contributed by atoms with van der Waals surface area (Å²) in [6.07, 6.45) is -3.30. The van der Waals surface area contributed by atoms with E-state index in [1.54, 1.807) is 6.92 Å². The third-order valence-corrected chi connectivity index (χ3v) is 2.50. The van der Waals surface area contributed by atoms with Crippen LogP contribution < -0.4 is 11.5 Å². The van der Waals surface area contributed by atoms with Gasteiger partial charge < -0.3 is 26.4 Å². The van der Waals surface area contributed by atoms with Gasteiger partial charge in [0, 0.05) is 5.69 Å². The molecule has 1 amide bonds. The summed E-state index contributed by atoms with van der Waals surface area (Å²) in [5.74, 6) is -1.72. The molecule has 0 aromatic heterocycles. The molecule has 1 aromatic rings. The SMILES string of the molecule is CCOC(=O)c1cc(C(O)C(O)C(N)=O)ccc1N. The summed E-state index contributed by atoms with van der Waals surface area (Å²) in [5, 5.41) is 19.1. The van der Waals surface area contributed by atoms with Crippen molar-refractivity contribution in [3.8, 4) is 0 Å². The lowest BCUT2D eigenvalue weighted by molar-refractivity contribution is -0.131. The second-order valence-corrected chi connectivity index (χ2v) is 3.86. The Balaban J connectivity index is 3.08. The van der Waals surface area contributed by atoms with E-state index in [1.807, 2.05) is 0 Å². The Morgan fingerprint density at radius 1 is 1.37 bits per heavy atom. The van der Waals surface area contributed by atoms with Gasteiger partial charge in [0.2, 0.25) is 5.91 Å². The second-order valence-electron chi connectivity index (χ2n) is 3.86. The Hall–Kier alpha value is -2.12. The van der Waals surface area contributed by atoms with Gasteiger partial charge in [0.05, 0.1) is 12.2 Å². The fourth-order valence-corrected chi connectivity index (χ4v) is 1.48. The molecular weight excluding hydrogens is 252 g/mol. The first kappa shape index (κ1) is 14.9. The van der Waals surface area contributed by atoms with Crippen LogP contribution in [0.3, 0.4) is 0 Å². The number of primary amides is 1. The highest BCUT2D eigenvalue weighted by molar-refractivity contribution is 5.95. The Morgan fingerprint density at radius 2 is 2.00 bits per heavy atom. The third kappa shape index (κ3) is 3.43. The average molecular weight is 268 g/mol. The van der Waals surface area contributed by atoms with E-state index in [0.29, 0.717) is 0 Å². The van der Waals surface area contributed by atoms with Crippen LogP contribution in [0.5, 0.6) is 0 Å². The standard InChI is InChI=1S/C12H16N2O5/c1-2-19-12(18)7-5-6(3-4-8(7)13)9(15)10(16)11(14)17/h3-5,9-10,15-16H,2,13H2,1H3,(H2,14,17). The molecule has 2 atom stereocenters. The van der Waals surface area contributed by atoms with Gasteiger partial charge in [-0.15, -0.1) is 0 Å². The van der Waals surface area contributed by atoms with Crippen LogP contribution in [0.15, 0.2) is 18.2 Å². The van der Waals surface area contributed by atoms with E-state index in [9.17, 15) is 19.8 Å². The monoisotopic (exact) mass is 268 g/mol.